The highest BCUT2D eigenvalue weighted by Gasteiger charge is 2.35. The maximum absolute atomic E-state index is 13.7. The first-order chi connectivity index (χ1) is 11.7. The van der Waals surface area contributed by atoms with Crippen molar-refractivity contribution in [2.24, 2.45) is 0 Å². The van der Waals surface area contributed by atoms with E-state index < -0.39 is 17.3 Å². The van der Waals surface area contributed by atoms with Crippen molar-refractivity contribution in [1.29, 1.82) is 0 Å². The molecule has 0 bridgehead atoms. The Morgan fingerprint density at radius 1 is 1.48 bits per heavy atom. The predicted molar refractivity (Wildman–Crippen MR) is 91.7 cm³/mol. The van der Waals surface area contributed by atoms with E-state index in [4.69, 9.17) is 0 Å². The van der Waals surface area contributed by atoms with Gasteiger partial charge in [-0.15, -0.1) is 0 Å². The number of para-hydroxylation sites is 1. The lowest BCUT2D eigenvalue weighted by Crippen LogP contribution is -2.41. The Labute approximate surface area is 146 Å². The van der Waals surface area contributed by atoms with Crippen LogP contribution in [-0.4, -0.2) is 53.1 Å². The summed E-state index contributed by atoms with van der Waals surface area (Å²) in [5.74, 6) is -1.69. The van der Waals surface area contributed by atoms with Crippen LogP contribution in [0, 0.1) is 5.82 Å². The molecular weight excluding hydrogens is 325 g/mol. The Bertz CT molecular complexity index is 687. The summed E-state index contributed by atoms with van der Waals surface area (Å²) in [5.41, 5.74) is -0.0491. The fourth-order valence-electron chi connectivity index (χ4n) is 3.63. The van der Waals surface area contributed by atoms with Crippen LogP contribution in [0.25, 0.3) is 0 Å². The van der Waals surface area contributed by atoms with Crippen molar-refractivity contribution in [3.8, 4) is 0 Å². The molecule has 7 heteroatoms. The van der Waals surface area contributed by atoms with Crippen molar-refractivity contribution in [3.63, 3.8) is 0 Å². The molecular formula is C18H24FN3O3. The topological polar surface area (TPSA) is 81.7 Å². The Balaban J connectivity index is 1.56. The van der Waals surface area contributed by atoms with Crippen LogP contribution in [0.3, 0.4) is 0 Å². The molecule has 2 aliphatic rings. The zero-order valence-electron chi connectivity index (χ0n) is 14.5. The number of nitrogens with one attached hydrogen (secondary N) is 2. The fourth-order valence-corrected chi connectivity index (χ4v) is 3.63. The summed E-state index contributed by atoms with van der Waals surface area (Å²) >= 11 is 0. The molecule has 0 spiro atoms. The minimum atomic E-state index is -0.769. The van der Waals surface area contributed by atoms with Gasteiger partial charge < -0.3 is 15.7 Å². The van der Waals surface area contributed by atoms with Gasteiger partial charge in [-0.3, -0.25) is 14.5 Å². The third kappa shape index (κ3) is 4.16. The van der Waals surface area contributed by atoms with E-state index in [9.17, 15) is 19.1 Å². The normalized spacial score (nSPS) is 23.4. The summed E-state index contributed by atoms with van der Waals surface area (Å²) in [6.45, 7) is 5.56. The average molecular weight is 349 g/mol. The van der Waals surface area contributed by atoms with Crippen molar-refractivity contribution in [2.75, 3.05) is 25.0 Å². The summed E-state index contributed by atoms with van der Waals surface area (Å²) in [7, 11) is 0. The number of hydrogen-bond acceptors (Lipinski definition) is 4. The molecule has 2 aliphatic heterocycles. The van der Waals surface area contributed by atoms with E-state index in [1.807, 2.05) is 0 Å². The van der Waals surface area contributed by atoms with Crippen LogP contribution in [0.2, 0.25) is 0 Å². The van der Waals surface area contributed by atoms with E-state index in [0.717, 1.165) is 13.0 Å². The van der Waals surface area contributed by atoms with E-state index in [0.29, 0.717) is 18.7 Å². The van der Waals surface area contributed by atoms with Crippen LogP contribution in [0.4, 0.5) is 10.1 Å². The van der Waals surface area contributed by atoms with E-state index in [1.54, 1.807) is 26.0 Å². The third-order valence-electron chi connectivity index (χ3n) is 4.62. The van der Waals surface area contributed by atoms with Gasteiger partial charge in [0.05, 0.1) is 17.2 Å². The van der Waals surface area contributed by atoms with Gasteiger partial charge in [0.2, 0.25) is 11.8 Å². The molecule has 0 radical (unpaired) electrons. The summed E-state index contributed by atoms with van der Waals surface area (Å²) in [4.78, 5) is 26.5. The van der Waals surface area contributed by atoms with Crippen molar-refractivity contribution in [3.05, 3.63) is 29.6 Å². The van der Waals surface area contributed by atoms with Gasteiger partial charge in [0, 0.05) is 32.1 Å². The van der Waals surface area contributed by atoms with Gasteiger partial charge in [-0.1, -0.05) is 12.1 Å². The second-order valence-corrected chi connectivity index (χ2v) is 7.55. The molecule has 2 atom stereocenters. The van der Waals surface area contributed by atoms with Gasteiger partial charge in [-0.2, -0.15) is 0 Å². The molecule has 2 heterocycles. The lowest BCUT2D eigenvalue weighted by atomic mass is 9.96. The quantitative estimate of drug-likeness (QED) is 0.746. The molecule has 2 amide bonds. The average Bonchev–Trinajstić information content (AvgIpc) is 3.04. The number of β-amino-alcohol motifs (C(OH)–C–C–N with tert-alkyl or cyclic N) is 1. The maximum Gasteiger partial charge on any atom is 0.232 e. The first-order valence-electron chi connectivity index (χ1n) is 8.56. The first-order valence-corrected chi connectivity index (χ1v) is 8.56. The summed E-state index contributed by atoms with van der Waals surface area (Å²) in [5, 5.41) is 15.3. The molecule has 6 nitrogen and oxygen atoms in total. The lowest BCUT2D eigenvalue weighted by Gasteiger charge is -2.25. The minimum absolute atomic E-state index is 0.00425. The van der Waals surface area contributed by atoms with Crippen LogP contribution in [0.5, 0.6) is 0 Å². The van der Waals surface area contributed by atoms with Gasteiger partial charge in [0.25, 0.3) is 0 Å². The predicted octanol–water partition coefficient (Wildman–Crippen LogP) is 1.21. The van der Waals surface area contributed by atoms with Crippen LogP contribution < -0.4 is 10.6 Å². The number of nitrogens with zero attached hydrogens (tertiary/aromatic N) is 1. The second kappa shape index (κ2) is 6.72. The Morgan fingerprint density at radius 3 is 2.96 bits per heavy atom. The van der Waals surface area contributed by atoms with E-state index >= 15 is 0 Å². The largest absolute Gasteiger partial charge is 0.389 e. The number of fused-ring (bicyclic) bond motifs is 1. The Hall–Kier alpha value is -1.99. The fraction of sp³-hybridized carbons (Fsp3) is 0.556. The lowest BCUT2D eigenvalue weighted by molar-refractivity contribution is -0.125. The zero-order chi connectivity index (χ0) is 18.2. The number of halogens is 1. The molecule has 0 aliphatic carbocycles. The summed E-state index contributed by atoms with van der Waals surface area (Å²) in [6, 6.07) is 4.52. The highest BCUT2D eigenvalue weighted by molar-refractivity contribution is 6.05. The minimum Gasteiger partial charge on any atom is -0.389 e. The van der Waals surface area contributed by atoms with Gasteiger partial charge in [0.1, 0.15) is 5.82 Å². The molecule has 3 N–H and O–H groups in total. The molecule has 1 fully saturated rings. The monoisotopic (exact) mass is 349 g/mol. The number of likely N-dealkylation sites (tertiary alicyclic amines) is 1. The molecule has 0 saturated carbocycles. The molecule has 136 valence electrons. The van der Waals surface area contributed by atoms with Gasteiger partial charge in [-0.25, -0.2) is 4.39 Å². The third-order valence-corrected chi connectivity index (χ3v) is 4.62. The number of hydrogen-bond donors (Lipinski definition) is 3. The smallest absolute Gasteiger partial charge is 0.232 e. The highest BCUT2D eigenvalue weighted by Crippen LogP contribution is 2.36. The number of anilines is 1. The number of carbonyl (C=O) groups is 2. The number of amides is 2. The SMILES string of the molecule is CC(C)(O)CN1CC[C@H](NC(=O)CC2C(=O)Nc3c(F)cccc32)C1. The van der Waals surface area contributed by atoms with Crippen LogP contribution in [0.1, 0.15) is 38.2 Å². The van der Waals surface area contributed by atoms with Gasteiger partial charge in [-0.05, 0) is 31.9 Å². The van der Waals surface area contributed by atoms with Crippen molar-refractivity contribution in [2.45, 2.75) is 44.2 Å². The second-order valence-electron chi connectivity index (χ2n) is 7.55. The zero-order valence-corrected chi connectivity index (χ0v) is 14.5. The van der Waals surface area contributed by atoms with Crippen LogP contribution in [-0.2, 0) is 9.59 Å². The Kier molecular flexibility index (Phi) is 4.79. The van der Waals surface area contributed by atoms with Crippen LogP contribution in [0.15, 0.2) is 18.2 Å². The summed E-state index contributed by atoms with van der Waals surface area (Å²) in [6.07, 6.45) is 0.814. The van der Waals surface area contributed by atoms with E-state index in [1.165, 1.54) is 6.07 Å². The summed E-state index contributed by atoms with van der Waals surface area (Å²) < 4.78 is 13.7. The molecule has 3 rings (SSSR count). The molecule has 1 unspecified atom stereocenters. The molecule has 1 aromatic carbocycles. The Morgan fingerprint density at radius 2 is 2.24 bits per heavy atom. The van der Waals surface area contributed by atoms with Crippen LogP contribution >= 0.6 is 0 Å². The molecule has 1 aromatic rings. The first kappa shape index (κ1) is 17.8. The van der Waals surface area contributed by atoms with Crippen molar-refractivity contribution >= 4 is 17.5 Å². The number of aliphatic hydroxyl groups is 1. The van der Waals surface area contributed by atoms with Gasteiger partial charge >= 0.3 is 0 Å². The molecule has 0 aromatic heterocycles. The van der Waals surface area contributed by atoms with Crippen molar-refractivity contribution in [1.82, 2.24) is 10.2 Å². The van der Waals surface area contributed by atoms with E-state index in [-0.39, 0.29) is 30.0 Å². The number of carbonyl (C=O) groups excluding carboxylic acids is 2. The molecule has 25 heavy (non-hydrogen) atoms. The number of benzene rings is 1. The van der Waals surface area contributed by atoms with Gasteiger partial charge in [0.15, 0.2) is 0 Å². The standard InChI is InChI=1S/C18H24FN3O3/c1-18(2,25)10-22-7-6-11(9-22)20-15(23)8-13-12-4-3-5-14(19)16(12)21-17(13)24/h3-5,11,13,25H,6-10H2,1-2H3,(H,20,23)(H,21,24)/t11-,13?/m0/s1. The molecule has 1 saturated heterocycles. The maximum atomic E-state index is 13.7. The highest BCUT2D eigenvalue weighted by atomic mass is 19.1. The number of rotatable bonds is 5. The van der Waals surface area contributed by atoms with E-state index in [2.05, 4.69) is 15.5 Å². The van der Waals surface area contributed by atoms with Crippen molar-refractivity contribution < 1.29 is 19.1 Å².